The summed E-state index contributed by atoms with van der Waals surface area (Å²) in [6, 6.07) is 9.62. The van der Waals surface area contributed by atoms with Crippen LogP contribution in [0.5, 0.6) is 0 Å². The van der Waals surface area contributed by atoms with Crippen molar-refractivity contribution in [3.63, 3.8) is 0 Å². The van der Waals surface area contributed by atoms with Crippen molar-refractivity contribution in [2.75, 3.05) is 26.2 Å². The van der Waals surface area contributed by atoms with Gasteiger partial charge in [0.05, 0.1) is 0 Å². The van der Waals surface area contributed by atoms with Crippen LogP contribution in [0.25, 0.3) is 0 Å². The van der Waals surface area contributed by atoms with Gasteiger partial charge < -0.3 is 5.32 Å². The molecule has 1 heterocycles. The topological polar surface area (TPSA) is 15.3 Å². The van der Waals surface area contributed by atoms with Gasteiger partial charge in [0.1, 0.15) is 0 Å². The molecular weight excluding hydrogens is 303 g/mol. The summed E-state index contributed by atoms with van der Waals surface area (Å²) in [7, 11) is 0. The van der Waals surface area contributed by atoms with Gasteiger partial charge in [-0.1, -0.05) is 36.8 Å². The highest BCUT2D eigenvalue weighted by atomic mass is 35.5. The second-order valence-corrected chi connectivity index (χ2v) is 5.56. The number of piperazine rings is 1. The lowest BCUT2D eigenvalue weighted by molar-refractivity contribution is 0.172. The first kappa shape index (κ1) is 20.5. The van der Waals surface area contributed by atoms with Crippen molar-refractivity contribution >= 4 is 24.8 Å². The van der Waals surface area contributed by atoms with Gasteiger partial charge in [-0.3, -0.25) is 4.90 Å². The number of benzene rings is 1. The molecule has 0 bridgehead atoms. The molecule has 1 aromatic rings. The number of halogens is 2. The first-order valence-electron chi connectivity index (χ1n) is 7.38. The Morgan fingerprint density at radius 3 is 2.24 bits per heavy atom. The molecule has 120 valence electrons. The van der Waals surface area contributed by atoms with Crippen molar-refractivity contribution in [2.45, 2.75) is 32.7 Å². The minimum Gasteiger partial charge on any atom is -0.314 e. The van der Waals surface area contributed by atoms with E-state index in [1.54, 1.807) is 0 Å². The van der Waals surface area contributed by atoms with Crippen LogP contribution in [0, 0.1) is 0 Å². The van der Waals surface area contributed by atoms with Gasteiger partial charge in [-0.15, -0.1) is 31.4 Å². The highest BCUT2D eigenvalue weighted by Crippen LogP contribution is 2.27. The lowest BCUT2D eigenvalue weighted by Gasteiger charge is -2.35. The summed E-state index contributed by atoms with van der Waals surface area (Å²) in [5.41, 5.74) is 4.11. The molecule has 1 aliphatic heterocycles. The maximum Gasteiger partial charge on any atom is 0.0386 e. The van der Waals surface area contributed by atoms with Gasteiger partial charge >= 0.3 is 0 Å². The lowest BCUT2D eigenvalue weighted by atomic mass is 9.96. The molecule has 1 atom stereocenters. The quantitative estimate of drug-likeness (QED) is 0.820. The SMILES string of the molecule is C=C(C)C[C@@H](c1ccc(CC)cc1)N1CCNCC1.Cl.Cl. The van der Waals surface area contributed by atoms with E-state index in [4.69, 9.17) is 0 Å². The van der Waals surface area contributed by atoms with E-state index in [9.17, 15) is 0 Å². The van der Waals surface area contributed by atoms with E-state index in [0.29, 0.717) is 6.04 Å². The van der Waals surface area contributed by atoms with E-state index >= 15 is 0 Å². The minimum atomic E-state index is 0. The zero-order valence-corrected chi connectivity index (χ0v) is 14.7. The molecule has 1 aliphatic rings. The molecule has 0 radical (unpaired) electrons. The molecule has 2 rings (SSSR count). The van der Waals surface area contributed by atoms with Crippen molar-refractivity contribution in [1.29, 1.82) is 0 Å². The third-order valence-corrected chi connectivity index (χ3v) is 3.91. The number of rotatable bonds is 5. The minimum absolute atomic E-state index is 0. The van der Waals surface area contributed by atoms with E-state index in [1.807, 2.05) is 0 Å². The Hall–Kier alpha value is -0.540. The summed E-state index contributed by atoms with van der Waals surface area (Å²) in [5.74, 6) is 0. The van der Waals surface area contributed by atoms with Gasteiger partial charge in [0.25, 0.3) is 0 Å². The maximum absolute atomic E-state index is 4.11. The first-order chi connectivity index (χ1) is 9.20. The van der Waals surface area contributed by atoms with Crippen LogP contribution in [0.1, 0.15) is 37.4 Å². The third-order valence-electron chi connectivity index (χ3n) is 3.91. The van der Waals surface area contributed by atoms with Gasteiger partial charge in [-0.2, -0.15) is 0 Å². The largest absolute Gasteiger partial charge is 0.314 e. The van der Waals surface area contributed by atoms with Crippen LogP contribution in [0.3, 0.4) is 0 Å². The van der Waals surface area contributed by atoms with Crippen LogP contribution in [0.15, 0.2) is 36.4 Å². The van der Waals surface area contributed by atoms with Gasteiger partial charge in [0.2, 0.25) is 0 Å². The van der Waals surface area contributed by atoms with Crippen molar-refractivity contribution in [2.24, 2.45) is 0 Å². The predicted molar refractivity (Wildman–Crippen MR) is 96.9 cm³/mol. The highest BCUT2D eigenvalue weighted by Gasteiger charge is 2.21. The molecule has 0 aromatic heterocycles. The van der Waals surface area contributed by atoms with Crippen molar-refractivity contribution < 1.29 is 0 Å². The summed E-state index contributed by atoms with van der Waals surface area (Å²) in [5, 5.41) is 3.43. The fourth-order valence-electron chi connectivity index (χ4n) is 2.76. The molecule has 1 N–H and O–H groups in total. The average Bonchev–Trinajstić information content (AvgIpc) is 2.46. The number of aryl methyl sites for hydroxylation is 1. The van der Waals surface area contributed by atoms with E-state index in [0.717, 1.165) is 39.0 Å². The Morgan fingerprint density at radius 1 is 1.19 bits per heavy atom. The van der Waals surface area contributed by atoms with Crippen LogP contribution in [0.4, 0.5) is 0 Å². The summed E-state index contributed by atoms with van der Waals surface area (Å²) >= 11 is 0. The Kier molecular flexibility index (Phi) is 9.97. The standard InChI is InChI=1S/C17H26N2.2ClH/c1-4-15-5-7-16(8-6-15)17(13-14(2)3)19-11-9-18-10-12-19;;/h5-8,17-18H,2,4,9-13H2,1,3H3;2*1H/t17-;;/m0../s1. The molecule has 0 amide bonds. The molecule has 1 fully saturated rings. The lowest BCUT2D eigenvalue weighted by Crippen LogP contribution is -2.45. The van der Waals surface area contributed by atoms with E-state index < -0.39 is 0 Å². The number of nitrogens with zero attached hydrogens (tertiary/aromatic N) is 1. The fourth-order valence-corrected chi connectivity index (χ4v) is 2.76. The molecule has 4 heteroatoms. The monoisotopic (exact) mass is 330 g/mol. The predicted octanol–water partition coefficient (Wildman–Crippen LogP) is 4.01. The smallest absolute Gasteiger partial charge is 0.0386 e. The van der Waals surface area contributed by atoms with Crippen LogP contribution in [-0.2, 0) is 6.42 Å². The molecule has 21 heavy (non-hydrogen) atoms. The summed E-state index contributed by atoms with van der Waals surface area (Å²) in [4.78, 5) is 2.59. The molecule has 1 saturated heterocycles. The van der Waals surface area contributed by atoms with Crippen molar-refractivity contribution in [3.05, 3.63) is 47.5 Å². The Bertz CT molecular complexity index is 411. The summed E-state index contributed by atoms with van der Waals surface area (Å²) in [6.07, 6.45) is 2.17. The zero-order valence-electron chi connectivity index (χ0n) is 13.1. The molecule has 0 saturated carbocycles. The van der Waals surface area contributed by atoms with Crippen molar-refractivity contribution in [1.82, 2.24) is 10.2 Å². The van der Waals surface area contributed by atoms with Gasteiger partial charge in [-0.05, 0) is 30.9 Å². The fraction of sp³-hybridized carbons (Fsp3) is 0.529. The van der Waals surface area contributed by atoms with E-state index in [2.05, 4.69) is 54.9 Å². The van der Waals surface area contributed by atoms with Gasteiger partial charge in [0, 0.05) is 32.2 Å². The molecule has 0 aliphatic carbocycles. The normalized spacial score (nSPS) is 16.5. The second-order valence-electron chi connectivity index (χ2n) is 5.56. The first-order valence-corrected chi connectivity index (χ1v) is 7.38. The Morgan fingerprint density at radius 2 is 1.76 bits per heavy atom. The Labute approximate surface area is 141 Å². The van der Waals surface area contributed by atoms with Crippen molar-refractivity contribution in [3.8, 4) is 0 Å². The summed E-state index contributed by atoms with van der Waals surface area (Å²) < 4.78 is 0. The second kappa shape index (κ2) is 10.2. The zero-order chi connectivity index (χ0) is 13.7. The maximum atomic E-state index is 4.11. The van der Waals surface area contributed by atoms with Gasteiger partial charge in [0.15, 0.2) is 0 Å². The number of hydrogen-bond acceptors (Lipinski definition) is 2. The average molecular weight is 331 g/mol. The van der Waals surface area contributed by atoms with Gasteiger partial charge in [-0.25, -0.2) is 0 Å². The number of hydrogen-bond donors (Lipinski definition) is 1. The molecule has 2 nitrogen and oxygen atoms in total. The molecule has 0 unspecified atom stereocenters. The number of nitrogens with one attached hydrogen (secondary N) is 1. The highest BCUT2D eigenvalue weighted by molar-refractivity contribution is 5.85. The van der Waals surface area contributed by atoms with Crippen LogP contribution in [-0.4, -0.2) is 31.1 Å². The summed E-state index contributed by atoms with van der Waals surface area (Å²) in [6.45, 7) is 12.9. The molecule has 1 aromatic carbocycles. The van der Waals surface area contributed by atoms with Crippen LogP contribution < -0.4 is 5.32 Å². The molecule has 0 spiro atoms. The molecular formula is C17H28Cl2N2. The van der Waals surface area contributed by atoms with Crippen LogP contribution in [0.2, 0.25) is 0 Å². The Balaban J connectivity index is 0.00000200. The van der Waals surface area contributed by atoms with E-state index in [1.165, 1.54) is 16.7 Å². The van der Waals surface area contributed by atoms with Crippen LogP contribution >= 0.6 is 24.8 Å². The third kappa shape index (κ3) is 5.99. The van der Waals surface area contributed by atoms with E-state index in [-0.39, 0.29) is 24.8 Å².